The van der Waals surface area contributed by atoms with E-state index in [1.165, 1.54) is 50.4 Å². The Labute approximate surface area is 257 Å². The van der Waals surface area contributed by atoms with Crippen molar-refractivity contribution in [1.82, 2.24) is 19.4 Å². The minimum absolute atomic E-state index is 0.123. The highest BCUT2D eigenvalue weighted by molar-refractivity contribution is 7.89. The summed E-state index contributed by atoms with van der Waals surface area (Å²) in [5.41, 5.74) is 2.55. The van der Waals surface area contributed by atoms with E-state index < -0.39 is 27.9 Å². The predicted molar refractivity (Wildman–Crippen MR) is 169 cm³/mol. The van der Waals surface area contributed by atoms with Crippen molar-refractivity contribution in [2.45, 2.75) is 51.1 Å². The fourth-order valence-corrected chi connectivity index (χ4v) is 7.89. The van der Waals surface area contributed by atoms with Crippen LogP contribution in [-0.2, 0) is 29.5 Å². The Kier molecular flexibility index (Phi) is 10.7. The van der Waals surface area contributed by atoms with Crippen LogP contribution in [0.25, 0.3) is 0 Å². The molecule has 2 aromatic carbocycles. The molecule has 12 heteroatoms. The number of imide groups is 1. The Bertz CT molecular complexity index is 1550. The highest BCUT2D eigenvalue weighted by Crippen LogP contribution is 2.38. The van der Waals surface area contributed by atoms with Crippen molar-refractivity contribution in [3.63, 3.8) is 0 Å². The van der Waals surface area contributed by atoms with Gasteiger partial charge in [0.25, 0.3) is 11.8 Å². The van der Waals surface area contributed by atoms with Crippen LogP contribution in [0.5, 0.6) is 0 Å². The van der Waals surface area contributed by atoms with Crippen molar-refractivity contribution in [2.75, 3.05) is 39.0 Å². The first kappa shape index (κ1) is 32.3. The summed E-state index contributed by atoms with van der Waals surface area (Å²) in [6, 6.07) is 15.4. The van der Waals surface area contributed by atoms with Gasteiger partial charge < -0.3 is 10.2 Å². The number of benzene rings is 2. The molecular weight excluding hydrogens is 587 g/mol. The third-order valence-corrected chi connectivity index (χ3v) is 10.2. The molecule has 4 amide bonds. The fourth-order valence-electron chi connectivity index (χ4n) is 4.99. The van der Waals surface area contributed by atoms with Crippen LogP contribution >= 0.6 is 11.3 Å². The summed E-state index contributed by atoms with van der Waals surface area (Å²) in [6.07, 6.45) is 1.99. The van der Waals surface area contributed by atoms with Gasteiger partial charge in [-0.25, -0.2) is 13.2 Å². The Hall–Kier alpha value is -3.58. The van der Waals surface area contributed by atoms with E-state index in [2.05, 4.69) is 27.7 Å². The Morgan fingerprint density at radius 1 is 0.930 bits per heavy atom. The molecule has 0 atom stereocenters. The topological polar surface area (TPSA) is 119 Å². The van der Waals surface area contributed by atoms with Crippen molar-refractivity contribution in [3.8, 4) is 0 Å². The molecule has 0 bridgehead atoms. The highest BCUT2D eigenvalue weighted by atomic mass is 32.2. The number of rotatable bonds is 11. The molecule has 1 aromatic heterocycles. The van der Waals surface area contributed by atoms with Crippen molar-refractivity contribution in [3.05, 3.63) is 81.7 Å². The van der Waals surface area contributed by atoms with Crippen molar-refractivity contribution in [1.29, 1.82) is 0 Å². The van der Waals surface area contributed by atoms with Gasteiger partial charge in [0.05, 0.1) is 10.5 Å². The van der Waals surface area contributed by atoms with E-state index in [0.717, 1.165) is 23.5 Å². The van der Waals surface area contributed by atoms with Gasteiger partial charge in [0.1, 0.15) is 5.00 Å². The molecule has 2 N–H and O–H groups in total. The van der Waals surface area contributed by atoms with Gasteiger partial charge >= 0.3 is 6.03 Å². The number of carbonyl (C=O) groups excluding carboxylic acids is 3. The number of amides is 4. The number of fused-ring (bicyclic) bond motifs is 1. The smallest absolute Gasteiger partial charge is 0.323 e. The van der Waals surface area contributed by atoms with E-state index in [1.54, 1.807) is 14.1 Å². The lowest BCUT2D eigenvalue weighted by Gasteiger charge is -2.27. The lowest BCUT2D eigenvalue weighted by atomic mass is 10.0. The number of nitrogens with zero attached hydrogens (tertiary/aromatic N) is 3. The molecule has 0 radical (unpaired) electrons. The summed E-state index contributed by atoms with van der Waals surface area (Å²) in [6.45, 7) is 6.78. The molecule has 0 fully saturated rings. The Morgan fingerprint density at radius 2 is 1.58 bits per heavy atom. The Balaban J connectivity index is 1.58. The third kappa shape index (κ3) is 7.69. The molecule has 0 spiro atoms. The SMILES string of the molecule is CCCN(CCC)S(=O)(=O)c1ccc(C(=O)Nc2sc3c(c2C(=O)NC(=O)N(C)C)CCN(Cc2ccccc2)C3)cc1. The number of hydrogen-bond donors (Lipinski definition) is 2. The van der Waals surface area contributed by atoms with Gasteiger partial charge in [0.2, 0.25) is 10.0 Å². The molecule has 0 saturated heterocycles. The largest absolute Gasteiger partial charge is 0.331 e. The van der Waals surface area contributed by atoms with Crippen molar-refractivity contribution < 1.29 is 22.8 Å². The molecule has 3 aromatic rings. The molecule has 2 heterocycles. The summed E-state index contributed by atoms with van der Waals surface area (Å²) in [4.78, 5) is 43.6. The van der Waals surface area contributed by atoms with Crippen molar-refractivity contribution >= 4 is 44.2 Å². The standard InChI is InChI=1S/C31H39N5O5S2/c1-5-17-36(18-6-2)43(40,41)24-14-12-23(13-15-24)28(37)32-30-27(29(38)33-31(39)34(3)4)25-16-19-35(21-26(25)42-30)20-22-10-8-7-9-11-22/h7-15H,5-6,16-21H2,1-4H3,(H,32,37)(H,33,38,39). The highest BCUT2D eigenvalue weighted by Gasteiger charge is 2.30. The average molecular weight is 626 g/mol. The molecular formula is C31H39N5O5S2. The van der Waals surface area contributed by atoms with Crippen molar-refractivity contribution in [2.24, 2.45) is 0 Å². The zero-order chi connectivity index (χ0) is 31.1. The summed E-state index contributed by atoms with van der Waals surface area (Å²) >= 11 is 1.32. The summed E-state index contributed by atoms with van der Waals surface area (Å²) < 4.78 is 27.7. The normalized spacial score (nSPS) is 13.4. The number of thiophene rings is 1. The molecule has 230 valence electrons. The average Bonchev–Trinajstić information content (AvgIpc) is 3.34. The summed E-state index contributed by atoms with van der Waals surface area (Å²) in [7, 11) is -0.593. The van der Waals surface area contributed by atoms with E-state index in [1.807, 2.05) is 32.0 Å². The molecule has 0 saturated carbocycles. The first-order valence-corrected chi connectivity index (χ1v) is 16.7. The number of nitrogens with one attached hydrogen (secondary N) is 2. The summed E-state index contributed by atoms with van der Waals surface area (Å²) in [5.74, 6) is -1.05. The van der Waals surface area contributed by atoms with E-state index in [4.69, 9.17) is 0 Å². The number of sulfonamides is 1. The zero-order valence-corrected chi connectivity index (χ0v) is 26.7. The first-order valence-electron chi connectivity index (χ1n) is 14.4. The van der Waals surface area contributed by atoms with Gasteiger partial charge in [-0.3, -0.25) is 19.8 Å². The van der Waals surface area contributed by atoms with Gasteiger partial charge in [0, 0.05) is 57.3 Å². The maximum absolute atomic E-state index is 13.4. The molecule has 1 aliphatic rings. The maximum atomic E-state index is 13.4. The molecule has 4 rings (SSSR count). The third-order valence-electron chi connectivity index (χ3n) is 7.17. The molecule has 10 nitrogen and oxygen atoms in total. The van der Waals surface area contributed by atoms with E-state index >= 15 is 0 Å². The minimum atomic E-state index is -3.68. The molecule has 1 aliphatic heterocycles. The number of urea groups is 1. The van der Waals surface area contributed by atoms with Gasteiger partial charge in [-0.2, -0.15) is 4.31 Å². The zero-order valence-electron chi connectivity index (χ0n) is 25.1. The van der Waals surface area contributed by atoms with Crippen LogP contribution in [0, 0.1) is 0 Å². The molecule has 43 heavy (non-hydrogen) atoms. The quantitative estimate of drug-likeness (QED) is 0.317. The van der Waals surface area contributed by atoms with Crippen LogP contribution in [0.2, 0.25) is 0 Å². The fraction of sp³-hybridized carbons (Fsp3) is 0.387. The second-order valence-corrected chi connectivity index (χ2v) is 13.7. The van der Waals surface area contributed by atoms with Gasteiger partial charge in [0.15, 0.2) is 0 Å². The molecule has 0 unspecified atom stereocenters. The van der Waals surface area contributed by atoms with E-state index in [0.29, 0.717) is 43.9 Å². The van der Waals surface area contributed by atoms with Crippen LogP contribution in [0.1, 0.15) is 63.4 Å². The first-order chi connectivity index (χ1) is 20.5. The van der Waals surface area contributed by atoms with Gasteiger partial charge in [-0.05, 0) is 54.7 Å². The number of carbonyl (C=O) groups is 3. The predicted octanol–water partition coefficient (Wildman–Crippen LogP) is 4.78. The molecule has 0 aliphatic carbocycles. The number of hydrogen-bond acceptors (Lipinski definition) is 7. The second kappa shape index (κ2) is 14.3. The van der Waals surface area contributed by atoms with E-state index in [-0.39, 0.29) is 16.0 Å². The van der Waals surface area contributed by atoms with Crippen LogP contribution in [-0.4, -0.2) is 74.1 Å². The second-order valence-electron chi connectivity index (χ2n) is 10.7. The van der Waals surface area contributed by atoms with Crippen LogP contribution < -0.4 is 10.6 Å². The van der Waals surface area contributed by atoms with Gasteiger partial charge in [-0.15, -0.1) is 11.3 Å². The van der Waals surface area contributed by atoms with Gasteiger partial charge in [-0.1, -0.05) is 44.2 Å². The maximum Gasteiger partial charge on any atom is 0.323 e. The van der Waals surface area contributed by atoms with Crippen LogP contribution in [0.4, 0.5) is 9.80 Å². The Morgan fingerprint density at radius 3 is 2.19 bits per heavy atom. The van der Waals surface area contributed by atoms with Crippen LogP contribution in [0.3, 0.4) is 0 Å². The summed E-state index contributed by atoms with van der Waals surface area (Å²) in [5, 5.41) is 5.63. The lowest BCUT2D eigenvalue weighted by Crippen LogP contribution is -2.39. The monoisotopic (exact) mass is 625 g/mol. The minimum Gasteiger partial charge on any atom is -0.331 e. The number of anilines is 1. The van der Waals surface area contributed by atoms with Crippen LogP contribution in [0.15, 0.2) is 59.5 Å². The lowest BCUT2D eigenvalue weighted by molar-refractivity contribution is 0.0956. The van der Waals surface area contributed by atoms with E-state index in [9.17, 15) is 22.8 Å².